The molecular weight excluding hydrogens is 449 g/mol. The van der Waals surface area contributed by atoms with Crippen LogP contribution in [0.1, 0.15) is 20.8 Å². The Labute approximate surface area is 173 Å². The SMILES string of the molecule is CCNC(=NCC(C)CSc1ccccc1OC)NCCOCC.I. The predicted molar refractivity (Wildman–Crippen MR) is 119 cm³/mol. The lowest BCUT2D eigenvalue weighted by atomic mass is 10.2. The van der Waals surface area contributed by atoms with E-state index in [-0.39, 0.29) is 24.0 Å². The Kier molecular flexibility index (Phi) is 15.2. The summed E-state index contributed by atoms with van der Waals surface area (Å²) in [7, 11) is 1.71. The third-order valence-electron chi connectivity index (χ3n) is 3.24. The van der Waals surface area contributed by atoms with Crippen molar-refractivity contribution in [3.8, 4) is 5.75 Å². The molecule has 0 heterocycles. The number of nitrogens with zero attached hydrogens (tertiary/aromatic N) is 1. The zero-order valence-electron chi connectivity index (χ0n) is 15.7. The first kappa shape index (κ1) is 24.3. The number of rotatable bonds is 11. The van der Waals surface area contributed by atoms with Gasteiger partial charge in [-0.3, -0.25) is 4.99 Å². The van der Waals surface area contributed by atoms with Gasteiger partial charge in [-0.2, -0.15) is 0 Å². The lowest BCUT2D eigenvalue weighted by molar-refractivity contribution is 0.152. The van der Waals surface area contributed by atoms with E-state index in [0.717, 1.165) is 43.7 Å². The van der Waals surface area contributed by atoms with Gasteiger partial charge in [-0.1, -0.05) is 19.1 Å². The third kappa shape index (κ3) is 10.8. The number of methoxy groups -OCH3 is 1. The standard InChI is InChI=1S/C18H31N3O2S.HI/c1-5-19-18(20-11-12-23-6-2)21-13-15(3)14-24-17-10-8-7-9-16(17)22-4;/h7-10,15H,5-6,11-14H2,1-4H3,(H2,19,20,21);1H. The smallest absolute Gasteiger partial charge is 0.191 e. The Bertz CT molecular complexity index is 489. The van der Waals surface area contributed by atoms with E-state index in [1.54, 1.807) is 7.11 Å². The minimum atomic E-state index is 0. The van der Waals surface area contributed by atoms with Gasteiger partial charge in [0.2, 0.25) is 0 Å². The van der Waals surface area contributed by atoms with Crippen LogP contribution in [0.4, 0.5) is 0 Å². The van der Waals surface area contributed by atoms with Gasteiger partial charge in [-0.15, -0.1) is 35.7 Å². The molecule has 1 aromatic rings. The molecule has 0 aliphatic heterocycles. The molecule has 0 fully saturated rings. The van der Waals surface area contributed by atoms with Gasteiger partial charge in [0.15, 0.2) is 5.96 Å². The van der Waals surface area contributed by atoms with E-state index < -0.39 is 0 Å². The van der Waals surface area contributed by atoms with Crippen LogP contribution in [-0.2, 0) is 4.74 Å². The van der Waals surface area contributed by atoms with Gasteiger partial charge < -0.3 is 20.1 Å². The van der Waals surface area contributed by atoms with Crippen LogP contribution in [0.5, 0.6) is 5.75 Å². The lowest BCUT2D eigenvalue weighted by Crippen LogP contribution is -2.39. The molecule has 0 spiro atoms. The third-order valence-corrected chi connectivity index (χ3v) is 4.62. The molecule has 144 valence electrons. The average molecular weight is 481 g/mol. The molecule has 0 aromatic heterocycles. The zero-order chi connectivity index (χ0) is 17.6. The Morgan fingerprint density at radius 3 is 2.68 bits per heavy atom. The number of nitrogens with one attached hydrogen (secondary N) is 2. The van der Waals surface area contributed by atoms with Gasteiger partial charge in [0, 0.05) is 36.9 Å². The van der Waals surface area contributed by atoms with E-state index >= 15 is 0 Å². The van der Waals surface area contributed by atoms with Crippen LogP contribution in [0.15, 0.2) is 34.2 Å². The minimum absolute atomic E-state index is 0. The van der Waals surface area contributed by atoms with Gasteiger partial charge in [0.1, 0.15) is 5.75 Å². The van der Waals surface area contributed by atoms with Crippen molar-refractivity contribution in [1.29, 1.82) is 0 Å². The van der Waals surface area contributed by atoms with Crippen molar-refractivity contribution < 1.29 is 9.47 Å². The van der Waals surface area contributed by atoms with Crippen LogP contribution in [0, 0.1) is 5.92 Å². The molecule has 25 heavy (non-hydrogen) atoms. The number of hydrogen-bond acceptors (Lipinski definition) is 4. The highest BCUT2D eigenvalue weighted by molar-refractivity contribution is 14.0. The molecule has 0 aliphatic carbocycles. The number of halogens is 1. The summed E-state index contributed by atoms with van der Waals surface area (Å²) in [6, 6.07) is 8.13. The fraction of sp³-hybridized carbons (Fsp3) is 0.611. The molecule has 1 unspecified atom stereocenters. The Hall–Kier alpha value is -0.670. The lowest BCUT2D eigenvalue weighted by Gasteiger charge is -2.14. The van der Waals surface area contributed by atoms with E-state index in [0.29, 0.717) is 12.5 Å². The Balaban J connectivity index is 0.00000576. The molecule has 1 aromatic carbocycles. The predicted octanol–water partition coefficient (Wildman–Crippen LogP) is 3.63. The van der Waals surface area contributed by atoms with Crippen LogP contribution >= 0.6 is 35.7 Å². The molecule has 0 aliphatic rings. The summed E-state index contributed by atoms with van der Waals surface area (Å²) in [5.74, 6) is 3.26. The summed E-state index contributed by atoms with van der Waals surface area (Å²) in [6.07, 6.45) is 0. The summed E-state index contributed by atoms with van der Waals surface area (Å²) in [5.41, 5.74) is 0. The molecule has 5 nitrogen and oxygen atoms in total. The number of benzene rings is 1. The second kappa shape index (κ2) is 15.6. The quantitative estimate of drug-likeness (QED) is 0.166. The largest absolute Gasteiger partial charge is 0.496 e. The number of thioether (sulfide) groups is 1. The first-order valence-electron chi connectivity index (χ1n) is 8.56. The highest BCUT2D eigenvalue weighted by Gasteiger charge is 2.07. The van der Waals surface area contributed by atoms with Crippen molar-refractivity contribution in [3.05, 3.63) is 24.3 Å². The van der Waals surface area contributed by atoms with Crippen molar-refractivity contribution in [2.45, 2.75) is 25.7 Å². The van der Waals surface area contributed by atoms with Gasteiger partial charge in [0.05, 0.1) is 13.7 Å². The number of para-hydroxylation sites is 1. The van der Waals surface area contributed by atoms with Crippen LogP contribution in [0.25, 0.3) is 0 Å². The summed E-state index contributed by atoms with van der Waals surface area (Å²) in [6.45, 7) is 10.1. The number of aliphatic imine (C=N–C) groups is 1. The zero-order valence-corrected chi connectivity index (χ0v) is 18.9. The molecule has 0 bridgehead atoms. The van der Waals surface area contributed by atoms with Crippen LogP contribution in [-0.4, -0.2) is 51.7 Å². The Morgan fingerprint density at radius 2 is 2.00 bits per heavy atom. The second-order valence-electron chi connectivity index (χ2n) is 5.41. The monoisotopic (exact) mass is 481 g/mol. The topological polar surface area (TPSA) is 54.9 Å². The first-order valence-corrected chi connectivity index (χ1v) is 9.55. The highest BCUT2D eigenvalue weighted by atomic mass is 127. The van der Waals surface area contributed by atoms with E-state index in [1.807, 2.05) is 36.9 Å². The second-order valence-corrected chi connectivity index (χ2v) is 6.47. The highest BCUT2D eigenvalue weighted by Crippen LogP contribution is 2.29. The fourth-order valence-corrected chi connectivity index (χ4v) is 3.04. The van der Waals surface area contributed by atoms with Crippen molar-refractivity contribution in [2.24, 2.45) is 10.9 Å². The summed E-state index contributed by atoms with van der Waals surface area (Å²) < 4.78 is 10.7. The molecule has 0 amide bonds. The van der Waals surface area contributed by atoms with Crippen molar-refractivity contribution in [1.82, 2.24) is 10.6 Å². The number of guanidine groups is 1. The van der Waals surface area contributed by atoms with Crippen LogP contribution in [0.2, 0.25) is 0 Å². The normalized spacial score (nSPS) is 12.2. The van der Waals surface area contributed by atoms with Gasteiger partial charge in [0.25, 0.3) is 0 Å². The van der Waals surface area contributed by atoms with Gasteiger partial charge in [-0.25, -0.2) is 0 Å². The maximum Gasteiger partial charge on any atom is 0.191 e. The van der Waals surface area contributed by atoms with E-state index in [9.17, 15) is 0 Å². The molecule has 0 saturated heterocycles. The van der Waals surface area contributed by atoms with Gasteiger partial charge in [-0.05, 0) is 31.9 Å². The molecular formula is C18H32IN3O2S. The fourth-order valence-electron chi connectivity index (χ4n) is 2.00. The van der Waals surface area contributed by atoms with E-state index in [1.165, 1.54) is 4.90 Å². The number of hydrogen-bond donors (Lipinski definition) is 2. The maximum atomic E-state index is 5.39. The maximum absolute atomic E-state index is 5.39. The molecule has 0 saturated carbocycles. The molecule has 0 radical (unpaired) electrons. The Morgan fingerprint density at radius 1 is 1.24 bits per heavy atom. The van der Waals surface area contributed by atoms with Crippen molar-refractivity contribution >= 4 is 41.7 Å². The van der Waals surface area contributed by atoms with E-state index in [2.05, 4.69) is 35.5 Å². The molecule has 2 N–H and O–H groups in total. The average Bonchev–Trinajstić information content (AvgIpc) is 2.61. The molecule has 1 rings (SSSR count). The summed E-state index contributed by atoms with van der Waals surface area (Å²) >= 11 is 1.81. The minimum Gasteiger partial charge on any atom is -0.496 e. The molecule has 7 heteroatoms. The van der Waals surface area contributed by atoms with Crippen LogP contribution in [0.3, 0.4) is 0 Å². The van der Waals surface area contributed by atoms with Crippen molar-refractivity contribution in [3.63, 3.8) is 0 Å². The summed E-state index contributed by atoms with van der Waals surface area (Å²) in [4.78, 5) is 5.84. The molecule has 1 atom stereocenters. The van der Waals surface area contributed by atoms with E-state index in [4.69, 9.17) is 9.47 Å². The van der Waals surface area contributed by atoms with Crippen LogP contribution < -0.4 is 15.4 Å². The summed E-state index contributed by atoms with van der Waals surface area (Å²) in [5, 5.41) is 6.55. The number of ether oxygens (including phenoxy) is 2. The first-order chi connectivity index (χ1) is 11.7. The van der Waals surface area contributed by atoms with Gasteiger partial charge >= 0.3 is 0 Å². The van der Waals surface area contributed by atoms with Crippen molar-refractivity contribution in [2.75, 3.05) is 45.7 Å².